The summed E-state index contributed by atoms with van der Waals surface area (Å²) in [5.74, 6) is 0.628. The standard InChI is InChI=1S/C14H11N5S2/c1-15-13-18-11-8(6-7-20-11)12(19-13)21-14-16-9-4-2-3-5-10(9)17-14/h2-7H,1H3,(H,16,17)(H,15,18,19). The number of nitrogens with zero attached hydrogens (tertiary/aromatic N) is 3. The molecule has 4 aromatic rings. The number of hydrogen-bond donors (Lipinski definition) is 2. The highest BCUT2D eigenvalue weighted by molar-refractivity contribution is 7.99. The first-order valence-electron chi connectivity index (χ1n) is 6.39. The molecule has 3 heterocycles. The number of para-hydroxylation sites is 2. The zero-order valence-electron chi connectivity index (χ0n) is 11.1. The highest BCUT2D eigenvalue weighted by Crippen LogP contribution is 2.33. The molecule has 3 aromatic heterocycles. The summed E-state index contributed by atoms with van der Waals surface area (Å²) in [6.45, 7) is 0. The van der Waals surface area contributed by atoms with E-state index in [1.165, 1.54) is 11.8 Å². The summed E-state index contributed by atoms with van der Waals surface area (Å²) >= 11 is 3.14. The zero-order valence-corrected chi connectivity index (χ0v) is 12.8. The zero-order chi connectivity index (χ0) is 14.2. The van der Waals surface area contributed by atoms with Gasteiger partial charge in [0.15, 0.2) is 5.16 Å². The molecule has 0 bridgehead atoms. The monoisotopic (exact) mass is 313 g/mol. The number of imidazole rings is 1. The molecule has 7 heteroatoms. The lowest BCUT2D eigenvalue weighted by Gasteiger charge is -2.03. The summed E-state index contributed by atoms with van der Waals surface area (Å²) in [6, 6.07) is 10.0. The van der Waals surface area contributed by atoms with E-state index in [1.807, 2.05) is 42.8 Å². The van der Waals surface area contributed by atoms with Crippen molar-refractivity contribution in [2.75, 3.05) is 12.4 Å². The maximum absolute atomic E-state index is 4.58. The second kappa shape index (κ2) is 5.01. The summed E-state index contributed by atoms with van der Waals surface area (Å²) in [4.78, 5) is 17.9. The van der Waals surface area contributed by atoms with Crippen molar-refractivity contribution in [1.29, 1.82) is 0 Å². The van der Waals surface area contributed by atoms with Crippen LogP contribution in [0.3, 0.4) is 0 Å². The number of hydrogen-bond acceptors (Lipinski definition) is 6. The Morgan fingerprint density at radius 1 is 1.14 bits per heavy atom. The number of anilines is 1. The van der Waals surface area contributed by atoms with Crippen LogP contribution in [0, 0.1) is 0 Å². The number of nitrogens with one attached hydrogen (secondary N) is 2. The lowest BCUT2D eigenvalue weighted by atomic mass is 10.3. The van der Waals surface area contributed by atoms with Gasteiger partial charge in [0.2, 0.25) is 5.95 Å². The molecule has 0 aliphatic rings. The topological polar surface area (TPSA) is 66.5 Å². The van der Waals surface area contributed by atoms with E-state index in [2.05, 4.69) is 25.3 Å². The SMILES string of the molecule is CNc1nc(Sc2nc3ccccc3[nH]2)c2ccsc2n1. The van der Waals surface area contributed by atoms with E-state index in [0.29, 0.717) is 5.95 Å². The van der Waals surface area contributed by atoms with Crippen LogP contribution in [0.5, 0.6) is 0 Å². The van der Waals surface area contributed by atoms with Crippen molar-refractivity contribution in [3.63, 3.8) is 0 Å². The number of aromatic nitrogens is 4. The van der Waals surface area contributed by atoms with Gasteiger partial charge in [0, 0.05) is 12.4 Å². The van der Waals surface area contributed by atoms with Gasteiger partial charge in [-0.1, -0.05) is 12.1 Å². The molecule has 2 N–H and O–H groups in total. The average Bonchev–Trinajstić information content (AvgIpc) is 3.12. The van der Waals surface area contributed by atoms with E-state index < -0.39 is 0 Å². The van der Waals surface area contributed by atoms with Crippen LogP contribution < -0.4 is 5.32 Å². The fourth-order valence-electron chi connectivity index (χ4n) is 2.09. The van der Waals surface area contributed by atoms with Crippen LogP contribution in [0.2, 0.25) is 0 Å². The fourth-order valence-corrected chi connectivity index (χ4v) is 3.81. The smallest absolute Gasteiger partial charge is 0.224 e. The van der Waals surface area contributed by atoms with Gasteiger partial charge in [-0.05, 0) is 35.3 Å². The molecule has 21 heavy (non-hydrogen) atoms. The first kappa shape index (κ1) is 12.6. The Morgan fingerprint density at radius 2 is 2.05 bits per heavy atom. The largest absolute Gasteiger partial charge is 0.357 e. The van der Waals surface area contributed by atoms with Crippen LogP contribution >= 0.6 is 23.1 Å². The van der Waals surface area contributed by atoms with Gasteiger partial charge in [-0.3, -0.25) is 0 Å². The molecule has 0 aliphatic carbocycles. The molecule has 0 aliphatic heterocycles. The minimum atomic E-state index is 0.628. The molecule has 104 valence electrons. The fraction of sp³-hybridized carbons (Fsp3) is 0.0714. The number of rotatable bonds is 3. The Balaban J connectivity index is 1.80. The number of thiophene rings is 1. The number of fused-ring (bicyclic) bond motifs is 2. The molecule has 0 saturated heterocycles. The number of H-pyrrole nitrogens is 1. The van der Waals surface area contributed by atoms with Gasteiger partial charge in [0.05, 0.1) is 11.0 Å². The molecular weight excluding hydrogens is 302 g/mol. The van der Waals surface area contributed by atoms with Crippen LogP contribution in [-0.4, -0.2) is 27.0 Å². The summed E-state index contributed by atoms with van der Waals surface area (Å²) in [5.41, 5.74) is 1.99. The molecule has 0 spiro atoms. The van der Waals surface area contributed by atoms with E-state index in [1.54, 1.807) is 11.3 Å². The summed E-state index contributed by atoms with van der Waals surface area (Å²) in [6.07, 6.45) is 0. The lowest BCUT2D eigenvalue weighted by molar-refractivity contribution is 1.05. The van der Waals surface area contributed by atoms with E-state index >= 15 is 0 Å². The van der Waals surface area contributed by atoms with Crippen LogP contribution in [-0.2, 0) is 0 Å². The highest BCUT2D eigenvalue weighted by atomic mass is 32.2. The average molecular weight is 313 g/mol. The second-order valence-corrected chi connectivity index (χ2v) is 6.28. The quantitative estimate of drug-likeness (QED) is 0.564. The van der Waals surface area contributed by atoms with Crippen LogP contribution in [0.4, 0.5) is 5.95 Å². The summed E-state index contributed by atoms with van der Waals surface area (Å²) < 4.78 is 0. The number of aromatic amines is 1. The van der Waals surface area contributed by atoms with Gasteiger partial charge >= 0.3 is 0 Å². The van der Waals surface area contributed by atoms with Crippen LogP contribution in [0.1, 0.15) is 0 Å². The molecule has 1 aromatic carbocycles. The van der Waals surface area contributed by atoms with E-state index in [-0.39, 0.29) is 0 Å². The normalized spacial score (nSPS) is 11.3. The maximum Gasteiger partial charge on any atom is 0.224 e. The van der Waals surface area contributed by atoms with E-state index in [4.69, 9.17) is 0 Å². The molecule has 4 rings (SSSR count). The third kappa shape index (κ3) is 2.24. The summed E-state index contributed by atoms with van der Waals surface area (Å²) in [5, 5.41) is 7.84. The first-order chi connectivity index (χ1) is 10.3. The third-order valence-corrected chi connectivity index (χ3v) is 4.77. The second-order valence-electron chi connectivity index (χ2n) is 4.40. The Bertz CT molecular complexity index is 894. The van der Waals surface area contributed by atoms with Gasteiger partial charge in [-0.15, -0.1) is 11.3 Å². The van der Waals surface area contributed by atoms with Crippen molar-refractivity contribution in [3.05, 3.63) is 35.7 Å². The predicted molar refractivity (Wildman–Crippen MR) is 87.2 cm³/mol. The van der Waals surface area contributed by atoms with Crippen molar-refractivity contribution >= 4 is 50.3 Å². The molecule has 5 nitrogen and oxygen atoms in total. The highest BCUT2D eigenvalue weighted by Gasteiger charge is 2.12. The molecule has 0 radical (unpaired) electrons. The molecule has 0 amide bonds. The van der Waals surface area contributed by atoms with Crippen LogP contribution in [0.25, 0.3) is 21.3 Å². The predicted octanol–water partition coefficient (Wildman–Crippen LogP) is 3.76. The maximum atomic E-state index is 4.58. The van der Waals surface area contributed by atoms with Crippen molar-refractivity contribution in [3.8, 4) is 0 Å². The van der Waals surface area contributed by atoms with Gasteiger partial charge in [0.25, 0.3) is 0 Å². The lowest BCUT2D eigenvalue weighted by Crippen LogP contribution is -1.97. The van der Waals surface area contributed by atoms with Crippen LogP contribution in [0.15, 0.2) is 45.9 Å². The minimum Gasteiger partial charge on any atom is -0.357 e. The van der Waals surface area contributed by atoms with Crippen molar-refractivity contribution < 1.29 is 0 Å². The Morgan fingerprint density at radius 3 is 2.90 bits per heavy atom. The van der Waals surface area contributed by atoms with Crippen molar-refractivity contribution in [2.45, 2.75) is 10.2 Å². The first-order valence-corrected chi connectivity index (χ1v) is 8.09. The Hall–Kier alpha value is -2.12. The summed E-state index contributed by atoms with van der Waals surface area (Å²) in [7, 11) is 1.82. The van der Waals surface area contributed by atoms with E-state index in [9.17, 15) is 0 Å². The van der Waals surface area contributed by atoms with Gasteiger partial charge in [0.1, 0.15) is 9.86 Å². The van der Waals surface area contributed by atoms with Crippen molar-refractivity contribution in [1.82, 2.24) is 19.9 Å². The van der Waals surface area contributed by atoms with Gasteiger partial charge in [-0.2, -0.15) is 0 Å². The Kier molecular flexibility index (Phi) is 3.01. The minimum absolute atomic E-state index is 0.628. The third-order valence-electron chi connectivity index (χ3n) is 3.07. The van der Waals surface area contributed by atoms with Gasteiger partial charge < -0.3 is 10.3 Å². The van der Waals surface area contributed by atoms with Gasteiger partial charge in [-0.25, -0.2) is 15.0 Å². The molecule has 0 atom stereocenters. The van der Waals surface area contributed by atoms with E-state index in [0.717, 1.165) is 31.4 Å². The van der Waals surface area contributed by atoms with Crippen molar-refractivity contribution in [2.24, 2.45) is 0 Å². The molecule has 0 unspecified atom stereocenters. The molecule has 0 saturated carbocycles. The molecular formula is C14H11N5S2. The number of benzene rings is 1. The Labute approximate surface area is 128 Å². The molecule has 0 fully saturated rings.